The normalized spacial score (nSPS) is 13.5. The van der Waals surface area contributed by atoms with Crippen LogP contribution in [0.2, 0.25) is 0 Å². The zero-order valence-corrected chi connectivity index (χ0v) is 16.0. The molecule has 0 spiro atoms. The van der Waals surface area contributed by atoms with Gasteiger partial charge >= 0.3 is 0 Å². The van der Waals surface area contributed by atoms with Crippen molar-refractivity contribution in [1.82, 2.24) is 0 Å². The first-order valence-electron chi connectivity index (χ1n) is 8.93. The molecule has 1 heterocycles. The molecule has 5 heteroatoms. The van der Waals surface area contributed by atoms with Gasteiger partial charge in [-0.05, 0) is 64.1 Å². The number of ether oxygens (including phenoxy) is 3. The van der Waals surface area contributed by atoms with Gasteiger partial charge in [0.05, 0.1) is 0 Å². The topological polar surface area (TPSA) is 79.7 Å². The van der Waals surface area contributed by atoms with Gasteiger partial charge in [0.2, 0.25) is 0 Å². The summed E-state index contributed by atoms with van der Waals surface area (Å²) in [5.41, 5.74) is 12.9. The Hall–Kier alpha value is -2.24. The highest BCUT2D eigenvalue weighted by molar-refractivity contribution is 5.53. The van der Waals surface area contributed by atoms with Gasteiger partial charge in [0.1, 0.15) is 34.2 Å². The largest absolute Gasteiger partial charge is 0.487 e. The second-order valence-electron chi connectivity index (χ2n) is 7.95. The predicted molar refractivity (Wildman–Crippen MR) is 103 cm³/mol. The van der Waals surface area contributed by atoms with E-state index in [0.717, 1.165) is 40.5 Å². The zero-order chi connectivity index (χ0) is 18.9. The Morgan fingerprint density at radius 1 is 0.808 bits per heavy atom. The van der Waals surface area contributed by atoms with Gasteiger partial charge in [0, 0.05) is 30.6 Å². The number of hydrogen-bond acceptors (Lipinski definition) is 5. The van der Waals surface area contributed by atoms with E-state index < -0.39 is 11.2 Å². The van der Waals surface area contributed by atoms with Gasteiger partial charge in [0.15, 0.2) is 0 Å². The van der Waals surface area contributed by atoms with Crippen molar-refractivity contribution in [3.05, 3.63) is 47.5 Å². The number of fused-ring (bicyclic) bond motifs is 2. The number of hydrogen-bond donors (Lipinski definition) is 2. The maximum absolute atomic E-state index is 6.04. The molecule has 0 atom stereocenters. The minimum Gasteiger partial charge on any atom is -0.487 e. The number of benzene rings is 2. The lowest BCUT2D eigenvalue weighted by atomic mass is 9.99. The minimum atomic E-state index is -0.406. The first-order chi connectivity index (χ1) is 12.2. The van der Waals surface area contributed by atoms with Crippen LogP contribution < -0.4 is 25.7 Å². The summed E-state index contributed by atoms with van der Waals surface area (Å²) in [5.74, 6) is 3.29. The molecule has 0 fully saturated rings. The Labute approximate surface area is 155 Å². The van der Waals surface area contributed by atoms with Crippen LogP contribution in [-0.2, 0) is 6.42 Å². The van der Waals surface area contributed by atoms with Gasteiger partial charge in [-0.1, -0.05) is 0 Å². The molecule has 0 radical (unpaired) electrons. The first kappa shape index (κ1) is 18.5. The lowest BCUT2D eigenvalue weighted by molar-refractivity contribution is 0.118. The van der Waals surface area contributed by atoms with Crippen molar-refractivity contribution in [3.63, 3.8) is 0 Å². The molecule has 2 aromatic rings. The fourth-order valence-electron chi connectivity index (χ4n) is 2.76. The van der Waals surface area contributed by atoms with Crippen molar-refractivity contribution in [3.8, 4) is 23.0 Å². The minimum absolute atomic E-state index is 0.406. The molecule has 1 aliphatic rings. The molecule has 4 N–H and O–H groups in total. The second kappa shape index (κ2) is 6.82. The molecular formula is C21H28N2O3. The Kier molecular flexibility index (Phi) is 4.86. The lowest BCUT2D eigenvalue weighted by Crippen LogP contribution is -2.37. The van der Waals surface area contributed by atoms with Crippen LogP contribution in [0.15, 0.2) is 36.4 Å². The molecule has 0 saturated heterocycles. The van der Waals surface area contributed by atoms with E-state index in [4.69, 9.17) is 25.7 Å². The molecule has 26 heavy (non-hydrogen) atoms. The van der Waals surface area contributed by atoms with E-state index in [9.17, 15) is 0 Å². The van der Waals surface area contributed by atoms with Gasteiger partial charge in [-0.2, -0.15) is 0 Å². The van der Waals surface area contributed by atoms with Crippen LogP contribution in [0, 0.1) is 0 Å². The molecule has 0 saturated carbocycles. The van der Waals surface area contributed by atoms with Crippen molar-refractivity contribution in [2.75, 3.05) is 13.1 Å². The summed E-state index contributed by atoms with van der Waals surface area (Å²) in [4.78, 5) is 0. The fourth-order valence-corrected chi connectivity index (χ4v) is 2.76. The highest BCUT2D eigenvalue weighted by Gasteiger charge is 2.23. The average molecular weight is 356 g/mol. The van der Waals surface area contributed by atoms with Crippen LogP contribution in [0.3, 0.4) is 0 Å². The standard InChI is InChI=1S/C21H28N2O3/c1-20(2,12-22)25-16-5-7-18-14(10-16)9-15-11-17(6-8-19(15)24-18)26-21(3,4)13-23/h5-8,10-11H,9,12-13,22-23H2,1-4H3. The van der Waals surface area contributed by atoms with E-state index in [0.29, 0.717) is 13.1 Å². The Balaban J connectivity index is 1.83. The summed E-state index contributed by atoms with van der Waals surface area (Å²) in [6.07, 6.45) is 0.755. The van der Waals surface area contributed by atoms with Crippen LogP contribution >= 0.6 is 0 Å². The zero-order valence-electron chi connectivity index (χ0n) is 16.0. The van der Waals surface area contributed by atoms with Crippen molar-refractivity contribution in [2.24, 2.45) is 11.5 Å². The van der Waals surface area contributed by atoms with E-state index in [1.54, 1.807) is 0 Å². The van der Waals surface area contributed by atoms with Crippen LogP contribution in [0.5, 0.6) is 23.0 Å². The van der Waals surface area contributed by atoms with E-state index in [-0.39, 0.29) is 0 Å². The Morgan fingerprint density at radius 3 is 1.62 bits per heavy atom. The van der Waals surface area contributed by atoms with Crippen molar-refractivity contribution >= 4 is 0 Å². The van der Waals surface area contributed by atoms with Crippen LogP contribution in [-0.4, -0.2) is 24.3 Å². The average Bonchev–Trinajstić information content (AvgIpc) is 2.59. The number of rotatable bonds is 6. The van der Waals surface area contributed by atoms with Gasteiger partial charge in [-0.3, -0.25) is 0 Å². The monoisotopic (exact) mass is 356 g/mol. The third kappa shape index (κ3) is 4.11. The summed E-state index contributed by atoms with van der Waals surface area (Å²) >= 11 is 0. The smallest absolute Gasteiger partial charge is 0.131 e. The second-order valence-corrected chi connectivity index (χ2v) is 7.95. The Bertz CT molecular complexity index is 734. The van der Waals surface area contributed by atoms with E-state index >= 15 is 0 Å². The maximum atomic E-state index is 6.04. The molecule has 5 nitrogen and oxygen atoms in total. The predicted octanol–water partition coefficient (Wildman–Crippen LogP) is 3.62. The van der Waals surface area contributed by atoms with Crippen molar-refractivity contribution < 1.29 is 14.2 Å². The SMILES string of the molecule is CC(C)(CN)Oc1ccc2c(c1)Cc1cc(OC(C)(C)CN)ccc1O2. The molecule has 0 unspecified atom stereocenters. The van der Waals surface area contributed by atoms with Crippen LogP contribution in [0.1, 0.15) is 38.8 Å². The third-order valence-electron chi connectivity index (χ3n) is 4.44. The first-order valence-corrected chi connectivity index (χ1v) is 8.93. The molecule has 0 aromatic heterocycles. The third-order valence-corrected chi connectivity index (χ3v) is 4.44. The van der Waals surface area contributed by atoms with Gasteiger partial charge in [-0.15, -0.1) is 0 Å². The summed E-state index contributed by atoms with van der Waals surface area (Å²) < 4.78 is 18.0. The van der Waals surface area contributed by atoms with Crippen molar-refractivity contribution in [1.29, 1.82) is 0 Å². The van der Waals surface area contributed by atoms with Gasteiger partial charge in [-0.25, -0.2) is 0 Å². The van der Waals surface area contributed by atoms with E-state index in [1.165, 1.54) is 0 Å². The van der Waals surface area contributed by atoms with Gasteiger partial charge in [0.25, 0.3) is 0 Å². The summed E-state index contributed by atoms with van der Waals surface area (Å²) in [7, 11) is 0. The van der Waals surface area contributed by atoms with Gasteiger partial charge < -0.3 is 25.7 Å². The van der Waals surface area contributed by atoms with E-state index in [2.05, 4.69) is 0 Å². The molecule has 0 aliphatic carbocycles. The molecule has 3 rings (SSSR count). The molecule has 1 aliphatic heterocycles. The molecule has 0 amide bonds. The number of nitrogens with two attached hydrogens (primary N) is 2. The highest BCUT2D eigenvalue weighted by atomic mass is 16.5. The van der Waals surface area contributed by atoms with Crippen LogP contribution in [0.4, 0.5) is 0 Å². The molecule has 2 aromatic carbocycles. The molecular weight excluding hydrogens is 328 g/mol. The quantitative estimate of drug-likeness (QED) is 0.705. The van der Waals surface area contributed by atoms with E-state index in [1.807, 2.05) is 64.1 Å². The lowest BCUT2D eigenvalue weighted by Gasteiger charge is -2.27. The molecule has 140 valence electrons. The molecule has 0 bridgehead atoms. The fraction of sp³-hybridized carbons (Fsp3) is 0.429. The highest BCUT2D eigenvalue weighted by Crippen LogP contribution is 2.40. The summed E-state index contributed by atoms with van der Waals surface area (Å²) in [5, 5.41) is 0. The maximum Gasteiger partial charge on any atom is 0.131 e. The summed E-state index contributed by atoms with van der Waals surface area (Å²) in [6, 6.07) is 11.8. The van der Waals surface area contributed by atoms with Crippen molar-refractivity contribution in [2.45, 2.75) is 45.3 Å². The summed E-state index contributed by atoms with van der Waals surface area (Å²) in [6.45, 7) is 8.78. The van der Waals surface area contributed by atoms with Crippen LogP contribution in [0.25, 0.3) is 0 Å². The Morgan fingerprint density at radius 2 is 1.23 bits per heavy atom.